The van der Waals surface area contributed by atoms with Crippen molar-refractivity contribution in [2.45, 2.75) is 0 Å². The number of non-ortho nitro benzene ring substituents is 1. The van der Waals surface area contributed by atoms with Crippen molar-refractivity contribution >= 4 is 11.4 Å². The van der Waals surface area contributed by atoms with Crippen molar-refractivity contribution in [2.24, 2.45) is 0 Å². The van der Waals surface area contributed by atoms with Gasteiger partial charge in [-0.3, -0.25) is 20.2 Å². The van der Waals surface area contributed by atoms with Gasteiger partial charge in [0.25, 0.3) is 11.4 Å². The Balaban J connectivity index is 2.45. The number of nitrogens with zero attached hydrogens (tertiary/aromatic N) is 2. The number of hydrogen-bond acceptors (Lipinski definition) is 4. The Labute approximate surface area is 114 Å². The van der Waals surface area contributed by atoms with Crippen LogP contribution in [-0.4, -0.2) is 9.85 Å². The quantitative estimate of drug-likeness (QED) is 0.476. The third kappa shape index (κ3) is 2.97. The van der Waals surface area contributed by atoms with E-state index in [4.69, 9.17) is 0 Å². The highest BCUT2D eigenvalue weighted by molar-refractivity contribution is 5.57. The monoisotopic (exact) mass is 268 g/mol. The van der Waals surface area contributed by atoms with Crippen molar-refractivity contribution < 1.29 is 9.85 Å². The standard InChI is InChI=1S/C14H8N2O4/c17-15(18)13-9-8-12(14(10-13)16(19)20)7-6-11-4-2-1-3-5-11/h1-5,8-10H. The molecule has 6 heteroatoms. The Morgan fingerprint density at radius 2 is 1.55 bits per heavy atom. The van der Waals surface area contributed by atoms with E-state index in [1.807, 2.05) is 6.07 Å². The van der Waals surface area contributed by atoms with Crippen LogP contribution in [0.2, 0.25) is 0 Å². The zero-order valence-corrected chi connectivity index (χ0v) is 10.1. The van der Waals surface area contributed by atoms with Crippen LogP contribution in [0.1, 0.15) is 11.1 Å². The van der Waals surface area contributed by atoms with Gasteiger partial charge in [-0.1, -0.05) is 30.0 Å². The van der Waals surface area contributed by atoms with E-state index in [0.29, 0.717) is 5.56 Å². The first kappa shape index (κ1) is 13.2. The van der Waals surface area contributed by atoms with E-state index in [9.17, 15) is 20.2 Å². The molecule has 0 aromatic heterocycles. The summed E-state index contributed by atoms with van der Waals surface area (Å²) in [4.78, 5) is 20.2. The molecule has 2 aromatic carbocycles. The lowest BCUT2D eigenvalue weighted by Gasteiger charge is -1.96. The summed E-state index contributed by atoms with van der Waals surface area (Å²) in [5.41, 5.74) is 0.147. The number of hydrogen-bond donors (Lipinski definition) is 0. The minimum atomic E-state index is -0.679. The van der Waals surface area contributed by atoms with E-state index in [2.05, 4.69) is 11.8 Å². The summed E-state index contributed by atoms with van der Waals surface area (Å²) < 4.78 is 0. The molecule has 0 atom stereocenters. The summed E-state index contributed by atoms with van der Waals surface area (Å²) in [6.07, 6.45) is 0. The minimum Gasteiger partial charge on any atom is -0.258 e. The number of benzene rings is 2. The molecule has 0 amide bonds. The smallest absolute Gasteiger partial charge is 0.258 e. The fraction of sp³-hybridized carbons (Fsp3) is 0. The molecular formula is C14H8N2O4. The molecule has 6 nitrogen and oxygen atoms in total. The molecule has 0 unspecified atom stereocenters. The topological polar surface area (TPSA) is 86.3 Å². The second-order valence-electron chi connectivity index (χ2n) is 3.83. The fourth-order valence-corrected chi connectivity index (χ4v) is 1.55. The van der Waals surface area contributed by atoms with Crippen LogP contribution in [0.4, 0.5) is 11.4 Å². The van der Waals surface area contributed by atoms with Crippen LogP contribution < -0.4 is 0 Å². The SMILES string of the molecule is O=[N+]([O-])c1ccc(C#Cc2ccccc2)c([N+](=O)[O-])c1. The molecule has 0 fully saturated rings. The van der Waals surface area contributed by atoms with E-state index in [1.54, 1.807) is 24.3 Å². The summed E-state index contributed by atoms with van der Waals surface area (Å²) in [6.45, 7) is 0. The Morgan fingerprint density at radius 1 is 0.850 bits per heavy atom. The first-order valence-electron chi connectivity index (χ1n) is 5.58. The van der Waals surface area contributed by atoms with Gasteiger partial charge in [0, 0.05) is 11.6 Å². The van der Waals surface area contributed by atoms with Crippen LogP contribution in [0.3, 0.4) is 0 Å². The lowest BCUT2D eigenvalue weighted by Crippen LogP contribution is -1.95. The lowest BCUT2D eigenvalue weighted by atomic mass is 10.1. The van der Waals surface area contributed by atoms with Crippen molar-refractivity contribution in [3.8, 4) is 11.8 Å². The van der Waals surface area contributed by atoms with Gasteiger partial charge >= 0.3 is 0 Å². The van der Waals surface area contributed by atoms with Crippen LogP contribution in [0, 0.1) is 32.1 Å². The molecule has 0 heterocycles. The average molecular weight is 268 g/mol. The Morgan fingerprint density at radius 3 is 2.15 bits per heavy atom. The van der Waals surface area contributed by atoms with Crippen LogP contribution in [0.25, 0.3) is 0 Å². The van der Waals surface area contributed by atoms with E-state index in [0.717, 1.165) is 6.07 Å². The van der Waals surface area contributed by atoms with Crippen molar-refractivity contribution in [1.82, 2.24) is 0 Å². The highest BCUT2D eigenvalue weighted by atomic mass is 16.6. The summed E-state index contributed by atoms with van der Waals surface area (Å²) in [6, 6.07) is 12.4. The Hall–Kier alpha value is -3.20. The summed E-state index contributed by atoms with van der Waals surface area (Å²) in [5.74, 6) is 5.44. The van der Waals surface area contributed by atoms with Gasteiger partial charge in [0.1, 0.15) is 5.56 Å². The average Bonchev–Trinajstić information content (AvgIpc) is 2.45. The predicted molar refractivity (Wildman–Crippen MR) is 72.2 cm³/mol. The maximum absolute atomic E-state index is 10.9. The molecule has 0 saturated carbocycles. The summed E-state index contributed by atoms with van der Waals surface area (Å²) in [5, 5.41) is 21.5. The summed E-state index contributed by atoms with van der Waals surface area (Å²) >= 11 is 0. The molecule has 0 N–H and O–H groups in total. The molecule has 2 aromatic rings. The van der Waals surface area contributed by atoms with Gasteiger partial charge in [0.05, 0.1) is 15.9 Å². The summed E-state index contributed by atoms with van der Waals surface area (Å²) in [7, 11) is 0. The Bertz CT molecular complexity index is 730. The first-order valence-corrected chi connectivity index (χ1v) is 5.58. The second kappa shape index (κ2) is 5.63. The molecule has 20 heavy (non-hydrogen) atoms. The van der Waals surface area contributed by atoms with E-state index < -0.39 is 9.85 Å². The molecule has 0 radical (unpaired) electrons. The molecule has 98 valence electrons. The molecular weight excluding hydrogens is 260 g/mol. The largest absolute Gasteiger partial charge is 0.291 e. The van der Waals surface area contributed by atoms with Crippen molar-refractivity contribution in [2.75, 3.05) is 0 Å². The lowest BCUT2D eigenvalue weighted by molar-refractivity contribution is -0.394. The highest BCUT2D eigenvalue weighted by Crippen LogP contribution is 2.23. The molecule has 0 aliphatic heterocycles. The van der Waals surface area contributed by atoms with Crippen LogP contribution in [0.15, 0.2) is 48.5 Å². The third-order valence-electron chi connectivity index (χ3n) is 2.50. The second-order valence-corrected chi connectivity index (χ2v) is 3.83. The highest BCUT2D eigenvalue weighted by Gasteiger charge is 2.17. The van der Waals surface area contributed by atoms with Gasteiger partial charge in [-0.05, 0) is 18.2 Å². The maximum Gasteiger partial charge on any atom is 0.291 e. The van der Waals surface area contributed by atoms with Crippen LogP contribution in [-0.2, 0) is 0 Å². The Kier molecular flexibility index (Phi) is 3.72. The third-order valence-corrected chi connectivity index (χ3v) is 2.50. The van der Waals surface area contributed by atoms with Crippen molar-refractivity contribution in [1.29, 1.82) is 0 Å². The van der Waals surface area contributed by atoms with Gasteiger partial charge in [0.15, 0.2) is 0 Å². The van der Waals surface area contributed by atoms with Gasteiger partial charge in [-0.15, -0.1) is 0 Å². The van der Waals surface area contributed by atoms with Gasteiger partial charge in [-0.25, -0.2) is 0 Å². The zero-order chi connectivity index (χ0) is 14.5. The number of nitro benzene ring substituents is 2. The minimum absolute atomic E-state index is 0.143. The van der Waals surface area contributed by atoms with E-state index in [-0.39, 0.29) is 16.9 Å². The maximum atomic E-state index is 10.9. The van der Waals surface area contributed by atoms with Gasteiger partial charge in [0.2, 0.25) is 0 Å². The predicted octanol–water partition coefficient (Wildman–Crippen LogP) is 2.90. The van der Waals surface area contributed by atoms with E-state index in [1.165, 1.54) is 12.1 Å². The number of rotatable bonds is 2. The van der Waals surface area contributed by atoms with Gasteiger partial charge < -0.3 is 0 Å². The fourth-order valence-electron chi connectivity index (χ4n) is 1.55. The van der Waals surface area contributed by atoms with Gasteiger partial charge in [-0.2, -0.15) is 0 Å². The molecule has 0 saturated heterocycles. The first-order chi connectivity index (χ1) is 9.58. The zero-order valence-electron chi connectivity index (χ0n) is 10.1. The van der Waals surface area contributed by atoms with Crippen molar-refractivity contribution in [3.63, 3.8) is 0 Å². The van der Waals surface area contributed by atoms with Crippen LogP contribution >= 0.6 is 0 Å². The molecule has 0 spiro atoms. The normalized spacial score (nSPS) is 9.40. The van der Waals surface area contributed by atoms with E-state index >= 15 is 0 Å². The molecule has 0 aliphatic rings. The molecule has 0 bridgehead atoms. The van der Waals surface area contributed by atoms with Crippen LogP contribution in [0.5, 0.6) is 0 Å². The molecule has 0 aliphatic carbocycles. The number of nitro groups is 2. The van der Waals surface area contributed by atoms with Crippen molar-refractivity contribution in [3.05, 3.63) is 79.9 Å². The molecule has 2 rings (SSSR count).